The molecule has 0 aromatic heterocycles. The summed E-state index contributed by atoms with van der Waals surface area (Å²) in [4.78, 5) is 0. The predicted molar refractivity (Wildman–Crippen MR) is 47.4 cm³/mol. The summed E-state index contributed by atoms with van der Waals surface area (Å²) in [5.41, 5.74) is -0.574. The number of aliphatic hydroxyl groups is 1. The Labute approximate surface area is 74.2 Å². The minimum absolute atomic E-state index is 0.361. The average molecular weight is 167 g/mol. The van der Waals surface area contributed by atoms with E-state index in [4.69, 9.17) is 5.26 Å². The highest BCUT2D eigenvalue weighted by molar-refractivity contribution is 4.99. The molecular formula is C10H17NO. The van der Waals surface area contributed by atoms with Crippen LogP contribution in [-0.4, -0.2) is 11.2 Å². The van der Waals surface area contributed by atoms with Crippen molar-refractivity contribution in [3.63, 3.8) is 0 Å². The molecule has 2 heteroatoms. The van der Waals surface area contributed by atoms with E-state index in [1.54, 1.807) is 0 Å². The Morgan fingerprint density at radius 2 is 1.92 bits per heavy atom. The van der Waals surface area contributed by atoms with Gasteiger partial charge in [-0.2, -0.15) is 5.26 Å². The van der Waals surface area contributed by atoms with Gasteiger partial charge >= 0.3 is 0 Å². The quantitative estimate of drug-likeness (QED) is 0.684. The molecule has 0 radical (unpaired) electrons. The largest absolute Gasteiger partial charge is 0.391 e. The Bertz CT molecular complexity index is 187. The van der Waals surface area contributed by atoms with Gasteiger partial charge in [0.15, 0.2) is 0 Å². The van der Waals surface area contributed by atoms with Crippen LogP contribution in [0.3, 0.4) is 0 Å². The first-order valence-corrected chi connectivity index (χ1v) is 4.67. The Hall–Kier alpha value is -0.550. The lowest BCUT2D eigenvalue weighted by molar-refractivity contribution is 0.0339. The van der Waals surface area contributed by atoms with Gasteiger partial charge < -0.3 is 5.11 Å². The van der Waals surface area contributed by atoms with Crippen LogP contribution in [0.15, 0.2) is 0 Å². The van der Waals surface area contributed by atoms with Gasteiger partial charge in [-0.25, -0.2) is 0 Å². The highest BCUT2D eigenvalue weighted by Crippen LogP contribution is 2.35. The van der Waals surface area contributed by atoms with Crippen molar-refractivity contribution in [3.8, 4) is 6.07 Å². The third-order valence-electron chi connectivity index (χ3n) is 2.87. The number of nitrogens with zero attached hydrogens (tertiary/aromatic N) is 1. The van der Waals surface area contributed by atoms with Crippen LogP contribution in [-0.2, 0) is 0 Å². The molecule has 1 unspecified atom stereocenters. The maximum Gasteiger partial charge on any atom is 0.0779 e. The fraction of sp³-hybridized carbons (Fsp3) is 0.900. The van der Waals surface area contributed by atoms with Crippen molar-refractivity contribution in [1.29, 1.82) is 5.26 Å². The second-order valence-corrected chi connectivity index (χ2v) is 4.32. The van der Waals surface area contributed by atoms with Crippen LogP contribution in [0.1, 0.15) is 39.5 Å². The van der Waals surface area contributed by atoms with Gasteiger partial charge in [0.1, 0.15) is 0 Å². The fourth-order valence-corrected chi connectivity index (χ4v) is 1.93. The van der Waals surface area contributed by atoms with E-state index in [2.05, 4.69) is 6.07 Å². The van der Waals surface area contributed by atoms with Crippen molar-refractivity contribution in [2.45, 2.75) is 45.6 Å². The molecule has 0 amide bonds. The van der Waals surface area contributed by atoms with Crippen LogP contribution in [0, 0.1) is 22.7 Å². The van der Waals surface area contributed by atoms with Gasteiger partial charge in [0.2, 0.25) is 0 Å². The summed E-state index contributed by atoms with van der Waals surface area (Å²) in [6, 6.07) is 2.17. The number of aliphatic hydroxyl groups excluding tert-OH is 1. The Balaban J connectivity index is 2.57. The van der Waals surface area contributed by atoms with Gasteiger partial charge in [0, 0.05) is 0 Å². The smallest absolute Gasteiger partial charge is 0.0779 e. The molecule has 68 valence electrons. The van der Waals surface area contributed by atoms with Crippen molar-refractivity contribution in [2.75, 3.05) is 0 Å². The summed E-state index contributed by atoms with van der Waals surface area (Å²) < 4.78 is 0. The van der Waals surface area contributed by atoms with E-state index >= 15 is 0 Å². The van der Waals surface area contributed by atoms with Crippen LogP contribution in [0.5, 0.6) is 0 Å². The number of hydrogen-bond donors (Lipinski definition) is 1. The molecule has 2 nitrogen and oxygen atoms in total. The number of nitriles is 1. The third-order valence-corrected chi connectivity index (χ3v) is 2.87. The monoisotopic (exact) mass is 167 g/mol. The molecule has 0 aliphatic heterocycles. The summed E-state index contributed by atoms with van der Waals surface area (Å²) in [6.45, 7) is 3.63. The lowest BCUT2D eigenvalue weighted by Crippen LogP contribution is -2.33. The molecule has 0 spiro atoms. The fourth-order valence-electron chi connectivity index (χ4n) is 1.93. The first-order chi connectivity index (χ1) is 5.58. The maximum absolute atomic E-state index is 9.85. The van der Waals surface area contributed by atoms with Crippen LogP contribution < -0.4 is 0 Å². The van der Waals surface area contributed by atoms with Crippen molar-refractivity contribution in [1.82, 2.24) is 0 Å². The minimum atomic E-state index is -0.574. The van der Waals surface area contributed by atoms with Gasteiger partial charge in [-0.1, -0.05) is 12.8 Å². The number of hydrogen-bond acceptors (Lipinski definition) is 2. The van der Waals surface area contributed by atoms with Crippen molar-refractivity contribution >= 4 is 0 Å². The molecule has 0 aromatic rings. The third kappa shape index (κ3) is 1.78. The van der Waals surface area contributed by atoms with E-state index in [1.807, 2.05) is 13.8 Å². The van der Waals surface area contributed by atoms with Gasteiger partial charge in [-0.15, -0.1) is 0 Å². The molecule has 1 N–H and O–H groups in total. The lowest BCUT2D eigenvalue weighted by atomic mass is 9.80. The zero-order valence-corrected chi connectivity index (χ0v) is 7.88. The highest BCUT2D eigenvalue weighted by Gasteiger charge is 2.35. The van der Waals surface area contributed by atoms with Crippen LogP contribution in [0.25, 0.3) is 0 Å². The molecule has 0 heterocycles. The summed E-state index contributed by atoms with van der Waals surface area (Å²) in [6.07, 6.45) is 4.16. The molecule has 1 fully saturated rings. The molecule has 1 atom stereocenters. The first-order valence-electron chi connectivity index (χ1n) is 4.67. The maximum atomic E-state index is 9.85. The average Bonchev–Trinajstić information content (AvgIpc) is 2.55. The molecule has 1 rings (SSSR count). The summed E-state index contributed by atoms with van der Waals surface area (Å²) >= 11 is 0. The van der Waals surface area contributed by atoms with E-state index in [9.17, 15) is 5.11 Å². The lowest BCUT2D eigenvalue weighted by Gasteiger charge is -2.27. The molecule has 1 aliphatic carbocycles. The predicted octanol–water partition coefficient (Wildman–Crippen LogP) is 2.09. The van der Waals surface area contributed by atoms with Gasteiger partial charge in [-0.05, 0) is 32.6 Å². The minimum Gasteiger partial charge on any atom is -0.391 e. The van der Waals surface area contributed by atoms with Crippen LogP contribution in [0.4, 0.5) is 0 Å². The molecule has 1 aliphatic rings. The zero-order valence-electron chi connectivity index (χ0n) is 7.88. The van der Waals surface area contributed by atoms with E-state index in [-0.39, 0.29) is 0 Å². The van der Waals surface area contributed by atoms with Crippen LogP contribution in [0.2, 0.25) is 0 Å². The van der Waals surface area contributed by atoms with E-state index < -0.39 is 11.5 Å². The molecule has 0 saturated heterocycles. The van der Waals surface area contributed by atoms with Crippen molar-refractivity contribution in [2.24, 2.45) is 11.3 Å². The second kappa shape index (κ2) is 3.45. The molecule has 0 aromatic carbocycles. The normalized spacial score (nSPS) is 22.2. The molecule has 12 heavy (non-hydrogen) atoms. The standard InChI is InChI=1S/C10H17NO/c1-10(2,7-11)9(12)8-5-3-4-6-8/h8-9,12H,3-6H2,1-2H3. The van der Waals surface area contributed by atoms with Crippen molar-refractivity contribution < 1.29 is 5.11 Å². The molecule has 0 bridgehead atoms. The van der Waals surface area contributed by atoms with Crippen LogP contribution >= 0.6 is 0 Å². The van der Waals surface area contributed by atoms with Crippen molar-refractivity contribution in [3.05, 3.63) is 0 Å². The van der Waals surface area contributed by atoms with E-state index in [0.717, 1.165) is 12.8 Å². The topological polar surface area (TPSA) is 44.0 Å². The zero-order chi connectivity index (χ0) is 9.19. The van der Waals surface area contributed by atoms with Gasteiger partial charge in [0.25, 0.3) is 0 Å². The summed E-state index contributed by atoms with van der Waals surface area (Å²) in [5.74, 6) is 0.361. The SMILES string of the molecule is CC(C)(C#N)C(O)C1CCCC1. The highest BCUT2D eigenvalue weighted by atomic mass is 16.3. The second-order valence-electron chi connectivity index (χ2n) is 4.32. The van der Waals surface area contributed by atoms with Gasteiger partial charge in [-0.3, -0.25) is 0 Å². The summed E-state index contributed by atoms with van der Waals surface area (Å²) in [7, 11) is 0. The first kappa shape index (κ1) is 9.54. The Morgan fingerprint density at radius 1 is 1.42 bits per heavy atom. The van der Waals surface area contributed by atoms with E-state index in [0.29, 0.717) is 5.92 Å². The van der Waals surface area contributed by atoms with Gasteiger partial charge in [0.05, 0.1) is 17.6 Å². The summed E-state index contributed by atoms with van der Waals surface area (Å²) in [5, 5.41) is 18.7. The molecular weight excluding hydrogens is 150 g/mol. The Morgan fingerprint density at radius 3 is 2.33 bits per heavy atom. The number of rotatable bonds is 2. The van der Waals surface area contributed by atoms with E-state index in [1.165, 1.54) is 12.8 Å². The Kier molecular flexibility index (Phi) is 2.74. The molecule has 1 saturated carbocycles.